The summed E-state index contributed by atoms with van der Waals surface area (Å²) in [6.45, 7) is 1.28. The van der Waals surface area contributed by atoms with Gasteiger partial charge >= 0.3 is 0 Å². The topological polar surface area (TPSA) is 80.4 Å². The Morgan fingerprint density at radius 2 is 1.94 bits per heavy atom. The van der Waals surface area contributed by atoms with Crippen molar-refractivity contribution in [1.82, 2.24) is 0 Å². The number of aliphatic hydroxyl groups excluding tert-OH is 1. The zero-order valence-electron chi connectivity index (χ0n) is 10.0. The molecule has 1 aliphatic rings. The highest BCUT2D eigenvalue weighted by Crippen LogP contribution is 2.54. The molecule has 0 unspecified atom stereocenters. The van der Waals surface area contributed by atoms with Crippen molar-refractivity contribution in [2.24, 2.45) is 5.73 Å². The van der Waals surface area contributed by atoms with Gasteiger partial charge in [0.2, 0.25) is 0 Å². The quantitative estimate of drug-likeness (QED) is 0.862. The summed E-state index contributed by atoms with van der Waals surface area (Å²) in [4.78, 5) is 0. The van der Waals surface area contributed by atoms with Crippen LogP contribution in [0.4, 0.5) is 0 Å². The minimum atomic E-state index is -3.25. The van der Waals surface area contributed by atoms with Crippen molar-refractivity contribution in [1.29, 1.82) is 0 Å². The van der Waals surface area contributed by atoms with E-state index in [1.807, 2.05) is 24.3 Å². The van der Waals surface area contributed by atoms with Crippen molar-refractivity contribution in [2.45, 2.75) is 23.6 Å². The fraction of sp³-hybridized carbons (Fsp3) is 0.500. The van der Waals surface area contributed by atoms with Gasteiger partial charge in [0, 0.05) is 16.1 Å². The van der Waals surface area contributed by atoms with Gasteiger partial charge in [-0.25, -0.2) is 8.42 Å². The van der Waals surface area contributed by atoms with Gasteiger partial charge in [0.25, 0.3) is 0 Å². The monoisotopic (exact) mass is 333 g/mol. The first kappa shape index (κ1) is 14.0. The van der Waals surface area contributed by atoms with Crippen molar-refractivity contribution in [3.63, 3.8) is 0 Å². The SMILES string of the molecule is CCS(=O)(=O)[C@@H]1[C@@H](c2ccc(Br)cc2)[C@]1(N)CO. The van der Waals surface area contributed by atoms with Crippen LogP contribution in [0, 0.1) is 0 Å². The van der Waals surface area contributed by atoms with Crippen LogP contribution in [0.25, 0.3) is 0 Å². The number of nitrogens with two attached hydrogens (primary N) is 1. The van der Waals surface area contributed by atoms with Gasteiger partial charge in [0.05, 0.1) is 17.4 Å². The second kappa shape index (κ2) is 4.59. The molecule has 3 atom stereocenters. The molecule has 1 aliphatic carbocycles. The maximum absolute atomic E-state index is 12.0. The predicted molar refractivity (Wildman–Crippen MR) is 74.1 cm³/mol. The van der Waals surface area contributed by atoms with Crippen LogP contribution in [0.3, 0.4) is 0 Å². The number of rotatable bonds is 4. The second-order valence-corrected chi connectivity index (χ2v) is 8.00. The summed E-state index contributed by atoms with van der Waals surface area (Å²) in [5, 5.41) is 8.70. The Balaban J connectivity index is 2.37. The molecule has 3 N–H and O–H groups in total. The van der Waals surface area contributed by atoms with Gasteiger partial charge in [-0.2, -0.15) is 0 Å². The van der Waals surface area contributed by atoms with Gasteiger partial charge < -0.3 is 10.8 Å². The molecule has 0 spiro atoms. The third-order valence-corrected chi connectivity index (χ3v) is 6.41. The predicted octanol–water partition coefficient (Wildman–Crippen LogP) is 1.04. The first-order valence-electron chi connectivity index (χ1n) is 5.73. The highest BCUT2D eigenvalue weighted by atomic mass is 79.9. The summed E-state index contributed by atoms with van der Waals surface area (Å²) in [5.74, 6) is -0.274. The van der Waals surface area contributed by atoms with Crippen LogP contribution in [0.1, 0.15) is 18.4 Å². The Morgan fingerprint density at radius 1 is 1.39 bits per heavy atom. The van der Waals surface area contributed by atoms with E-state index in [4.69, 9.17) is 5.73 Å². The van der Waals surface area contributed by atoms with E-state index in [9.17, 15) is 13.5 Å². The fourth-order valence-corrected chi connectivity index (χ4v) is 4.75. The summed E-state index contributed by atoms with van der Waals surface area (Å²) >= 11 is 3.33. The van der Waals surface area contributed by atoms with E-state index in [2.05, 4.69) is 15.9 Å². The Bertz CT molecular complexity index is 543. The highest BCUT2D eigenvalue weighted by molar-refractivity contribution is 9.10. The molecule has 1 fully saturated rings. The van der Waals surface area contributed by atoms with E-state index >= 15 is 0 Å². The molecule has 0 saturated heterocycles. The van der Waals surface area contributed by atoms with Gasteiger partial charge in [-0.1, -0.05) is 35.0 Å². The fourth-order valence-electron chi connectivity index (χ4n) is 2.49. The van der Waals surface area contributed by atoms with Crippen LogP contribution in [0.15, 0.2) is 28.7 Å². The molecule has 0 bridgehead atoms. The van der Waals surface area contributed by atoms with Crippen LogP contribution in [-0.2, 0) is 9.84 Å². The van der Waals surface area contributed by atoms with Crippen LogP contribution in [0.2, 0.25) is 0 Å². The zero-order valence-corrected chi connectivity index (χ0v) is 12.4. The van der Waals surface area contributed by atoms with Crippen molar-refractivity contribution in [2.75, 3.05) is 12.4 Å². The molecule has 0 aliphatic heterocycles. The van der Waals surface area contributed by atoms with Gasteiger partial charge in [0.15, 0.2) is 9.84 Å². The lowest BCUT2D eigenvalue weighted by Gasteiger charge is -2.07. The summed E-state index contributed by atoms with van der Waals surface area (Å²) in [6, 6.07) is 7.39. The molecule has 2 rings (SSSR count). The molecule has 6 heteroatoms. The van der Waals surface area contributed by atoms with E-state index in [-0.39, 0.29) is 18.3 Å². The Labute approximate surface area is 115 Å². The molecule has 0 radical (unpaired) electrons. The lowest BCUT2D eigenvalue weighted by atomic mass is 10.1. The average Bonchev–Trinajstić information content (AvgIpc) is 2.98. The number of hydrogen-bond acceptors (Lipinski definition) is 4. The summed E-state index contributed by atoms with van der Waals surface area (Å²) in [5.41, 5.74) is 5.84. The van der Waals surface area contributed by atoms with E-state index in [1.54, 1.807) is 6.92 Å². The molecule has 0 heterocycles. The molecule has 100 valence electrons. The maximum atomic E-state index is 12.0. The van der Waals surface area contributed by atoms with Crippen LogP contribution in [0.5, 0.6) is 0 Å². The third-order valence-electron chi connectivity index (χ3n) is 3.59. The lowest BCUT2D eigenvalue weighted by molar-refractivity contribution is 0.253. The molecule has 1 saturated carbocycles. The minimum Gasteiger partial charge on any atom is -0.394 e. The Hall–Kier alpha value is -0.430. The van der Waals surface area contributed by atoms with Crippen molar-refractivity contribution < 1.29 is 13.5 Å². The number of halogens is 1. The Morgan fingerprint density at radius 3 is 2.39 bits per heavy atom. The van der Waals surface area contributed by atoms with Gasteiger partial charge in [-0.3, -0.25) is 0 Å². The summed E-state index contributed by atoms with van der Waals surface area (Å²) in [6.07, 6.45) is 0. The lowest BCUT2D eigenvalue weighted by Crippen LogP contribution is -2.35. The Kier molecular flexibility index (Phi) is 3.57. The number of sulfone groups is 1. The first-order valence-corrected chi connectivity index (χ1v) is 8.24. The largest absolute Gasteiger partial charge is 0.394 e. The maximum Gasteiger partial charge on any atom is 0.155 e. The van der Waals surface area contributed by atoms with Gasteiger partial charge in [-0.05, 0) is 17.7 Å². The molecule has 1 aromatic rings. The number of hydrogen-bond donors (Lipinski definition) is 2. The smallest absolute Gasteiger partial charge is 0.155 e. The van der Waals surface area contributed by atoms with Crippen LogP contribution < -0.4 is 5.73 Å². The first-order chi connectivity index (χ1) is 8.36. The van der Waals surface area contributed by atoms with E-state index < -0.39 is 20.6 Å². The van der Waals surface area contributed by atoms with Crippen molar-refractivity contribution >= 4 is 25.8 Å². The standard InChI is InChI=1S/C12H16BrNO3S/c1-2-18(16,17)11-10(12(11,14)7-15)8-3-5-9(13)6-4-8/h3-6,10-11,15H,2,7,14H2,1H3/t10-,11-,12-/m1/s1. The van der Waals surface area contributed by atoms with E-state index in [0.717, 1.165) is 10.0 Å². The molecule has 1 aromatic carbocycles. The average molecular weight is 334 g/mol. The highest BCUT2D eigenvalue weighted by Gasteiger charge is 2.68. The summed E-state index contributed by atoms with van der Waals surface area (Å²) in [7, 11) is -3.25. The summed E-state index contributed by atoms with van der Waals surface area (Å²) < 4.78 is 24.9. The second-order valence-electron chi connectivity index (χ2n) is 4.67. The zero-order chi connectivity index (χ0) is 13.6. The molecular formula is C12H16BrNO3S. The number of benzene rings is 1. The van der Waals surface area contributed by atoms with Crippen LogP contribution in [-0.4, -0.2) is 36.7 Å². The van der Waals surface area contributed by atoms with Crippen molar-refractivity contribution in [3.05, 3.63) is 34.3 Å². The van der Waals surface area contributed by atoms with Crippen LogP contribution >= 0.6 is 15.9 Å². The van der Waals surface area contributed by atoms with Crippen molar-refractivity contribution in [3.8, 4) is 0 Å². The molecular weight excluding hydrogens is 318 g/mol. The molecule has 0 aromatic heterocycles. The van der Waals surface area contributed by atoms with Gasteiger partial charge in [0.1, 0.15) is 0 Å². The van der Waals surface area contributed by atoms with E-state index in [0.29, 0.717) is 0 Å². The molecule has 0 amide bonds. The molecule has 4 nitrogen and oxygen atoms in total. The minimum absolute atomic E-state index is 0.0453. The van der Waals surface area contributed by atoms with E-state index in [1.165, 1.54) is 0 Å². The molecule has 18 heavy (non-hydrogen) atoms. The van der Waals surface area contributed by atoms with Gasteiger partial charge in [-0.15, -0.1) is 0 Å². The third kappa shape index (κ3) is 2.11. The number of aliphatic hydroxyl groups is 1. The normalized spacial score (nSPS) is 31.3.